The smallest absolute Gasteiger partial charge is 0.217 e. The van der Waals surface area contributed by atoms with E-state index >= 15 is 0 Å². The van der Waals surface area contributed by atoms with Crippen LogP contribution in [0, 0.1) is 5.82 Å². The summed E-state index contributed by atoms with van der Waals surface area (Å²) < 4.78 is 15.5. The van der Waals surface area contributed by atoms with Crippen molar-refractivity contribution < 1.29 is 9.18 Å². The van der Waals surface area contributed by atoms with Gasteiger partial charge in [0.2, 0.25) is 5.91 Å². The number of primary amides is 1. The Balaban J connectivity index is 1.45. The van der Waals surface area contributed by atoms with Crippen LogP contribution in [0.15, 0.2) is 48.5 Å². The number of carbonyl (C=O) groups excluding carboxylic acids is 1. The Morgan fingerprint density at radius 1 is 1.07 bits per heavy atom. The first-order valence-electron chi connectivity index (χ1n) is 10.5. The Morgan fingerprint density at radius 2 is 1.80 bits per heavy atom. The molecule has 0 bridgehead atoms. The van der Waals surface area contributed by atoms with Gasteiger partial charge < -0.3 is 15.2 Å². The molecule has 2 N–H and O–H groups in total. The molecular formula is C24H27ClFN3O. The van der Waals surface area contributed by atoms with Gasteiger partial charge >= 0.3 is 0 Å². The predicted molar refractivity (Wildman–Crippen MR) is 119 cm³/mol. The normalized spacial score (nSPS) is 15.7. The molecule has 1 aliphatic rings. The summed E-state index contributed by atoms with van der Waals surface area (Å²) in [6.45, 7) is 3.01. The number of fused-ring (bicyclic) bond motifs is 1. The molecule has 30 heavy (non-hydrogen) atoms. The minimum atomic E-state index is -0.277. The molecule has 1 amide bonds. The standard InChI is InChI=1S/C24H27ClFN3O/c25-19-4-3-18-15-22(7-8-24(27)30)29(23(18)16-19)21-10-13-28(14-11-21)12-9-17-1-5-20(26)6-2-17/h1-6,15-16,21H,7-14H2,(H2,27,30). The number of benzene rings is 2. The lowest BCUT2D eigenvalue weighted by atomic mass is 10.0. The van der Waals surface area contributed by atoms with Crippen molar-refractivity contribution in [1.82, 2.24) is 9.47 Å². The van der Waals surface area contributed by atoms with Gasteiger partial charge in [-0.05, 0) is 67.0 Å². The average Bonchev–Trinajstić information content (AvgIpc) is 3.10. The first-order chi connectivity index (χ1) is 14.5. The van der Waals surface area contributed by atoms with Crippen LogP contribution in [0.3, 0.4) is 0 Å². The highest BCUT2D eigenvalue weighted by Crippen LogP contribution is 2.32. The summed E-state index contributed by atoms with van der Waals surface area (Å²) in [5.41, 5.74) is 8.84. The number of aryl methyl sites for hydroxylation is 1. The number of nitrogens with two attached hydrogens (primary N) is 1. The first-order valence-corrected chi connectivity index (χ1v) is 10.9. The summed E-state index contributed by atoms with van der Waals surface area (Å²) in [6, 6.07) is 15.3. The zero-order valence-electron chi connectivity index (χ0n) is 17.0. The summed E-state index contributed by atoms with van der Waals surface area (Å²) in [6.07, 6.45) is 4.01. The molecule has 0 spiro atoms. The second kappa shape index (κ2) is 9.19. The molecule has 1 aromatic heterocycles. The molecule has 0 aliphatic carbocycles. The number of piperidine rings is 1. The van der Waals surface area contributed by atoms with Gasteiger partial charge in [-0.25, -0.2) is 4.39 Å². The van der Waals surface area contributed by atoms with Crippen LogP contribution in [-0.2, 0) is 17.6 Å². The van der Waals surface area contributed by atoms with Gasteiger partial charge in [-0.2, -0.15) is 0 Å². The minimum Gasteiger partial charge on any atom is -0.370 e. The van der Waals surface area contributed by atoms with Crippen LogP contribution in [0.2, 0.25) is 5.02 Å². The van der Waals surface area contributed by atoms with Gasteiger partial charge in [0.1, 0.15) is 5.82 Å². The van der Waals surface area contributed by atoms with Crippen LogP contribution < -0.4 is 5.73 Å². The number of nitrogens with zero attached hydrogens (tertiary/aromatic N) is 2. The van der Waals surface area contributed by atoms with Crippen LogP contribution in [-0.4, -0.2) is 35.0 Å². The maximum Gasteiger partial charge on any atom is 0.217 e. The molecule has 158 valence electrons. The number of likely N-dealkylation sites (tertiary alicyclic amines) is 1. The Kier molecular flexibility index (Phi) is 6.40. The maximum atomic E-state index is 13.1. The zero-order valence-corrected chi connectivity index (χ0v) is 17.7. The molecule has 1 aliphatic heterocycles. The van der Waals surface area contributed by atoms with Gasteiger partial charge in [-0.1, -0.05) is 29.8 Å². The highest BCUT2D eigenvalue weighted by Gasteiger charge is 2.24. The number of halogens is 2. The van der Waals surface area contributed by atoms with E-state index in [-0.39, 0.29) is 11.7 Å². The van der Waals surface area contributed by atoms with Crippen LogP contribution in [0.25, 0.3) is 10.9 Å². The van der Waals surface area contributed by atoms with Crippen LogP contribution in [0.1, 0.15) is 36.6 Å². The van der Waals surface area contributed by atoms with Crippen LogP contribution in [0.5, 0.6) is 0 Å². The SMILES string of the molecule is NC(=O)CCc1cc2ccc(Cl)cc2n1C1CCN(CCc2ccc(F)cc2)CC1. The fraction of sp³-hybridized carbons (Fsp3) is 0.375. The molecular weight excluding hydrogens is 401 g/mol. The van der Waals surface area contributed by atoms with E-state index in [1.165, 1.54) is 17.7 Å². The molecule has 1 fully saturated rings. The summed E-state index contributed by atoms with van der Waals surface area (Å²) in [7, 11) is 0. The van der Waals surface area contributed by atoms with Crippen molar-refractivity contribution in [3.05, 3.63) is 70.6 Å². The monoisotopic (exact) mass is 427 g/mol. The summed E-state index contributed by atoms with van der Waals surface area (Å²) >= 11 is 6.28. The average molecular weight is 428 g/mol. The lowest BCUT2D eigenvalue weighted by Gasteiger charge is -2.34. The molecule has 2 aromatic carbocycles. The van der Waals surface area contributed by atoms with E-state index in [4.69, 9.17) is 17.3 Å². The summed E-state index contributed by atoms with van der Waals surface area (Å²) in [4.78, 5) is 13.8. The Morgan fingerprint density at radius 3 is 2.50 bits per heavy atom. The maximum absolute atomic E-state index is 13.1. The number of rotatable bonds is 7. The number of aromatic nitrogens is 1. The second-order valence-corrected chi connectivity index (χ2v) is 8.56. The van der Waals surface area contributed by atoms with E-state index in [1.807, 2.05) is 30.3 Å². The van der Waals surface area contributed by atoms with Crippen molar-refractivity contribution >= 4 is 28.4 Å². The molecule has 0 radical (unpaired) electrons. The van der Waals surface area contributed by atoms with E-state index in [2.05, 4.69) is 15.5 Å². The fourth-order valence-electron chi connectivity index (χ4n) is 4.47. The zero-order chi connectivity index (χ0) is 21.1. The fourth-order valence-corrected chi connectivity index (χ4v) is 4.63. The van der Waals surface area contributed by atoms with Crippen molar-refractivity contribution in [2.24, 2.45) is 5.73 Å². The quantitative estimate of drug-likeness (QED) is 0.592. The van der Waals surface area contributed by atoms with Crippen LogP contribution in [0.4, 0.5) is 4.39 Å². The van der Waals surface area contributed by atoms with Crippen molar-refractivity contribution in [3.8, 4) is 0 Å². The second-order valence-electron chi connectivity index (χ2n) is 8.12. The van der Waals surface area contributed by atoms with Gasteiger partial charge in [0, 0.05) is 48.3 Å². The van der Waals surface area contributed by atoms with E-state index in [1.54, 1.807) is 0 Å². The molecule has 1 saturated heterocycles. The Hall–Kier alpha value is -2.37. The van der Waals surface area contributed by atoms with Crippen molar-refractivity contribution in [2.45, 2.75) is 38.1 Å². The molecule has 4 rings (SSSR count). The third-order valence-electron chi connectivity index (χ3n) is 6.06. The molecule has 0 unspecified atom stereocenters. The van der Waals surface area contributed by atoms with Gasteiger partial charge in [0.15, 0.2) is 0 Å². The Labute approximate surface area is 181 Å². The lowest BCUT2D eigenvalue weighted by Crippen LogP contribution is -2.36. The molecule has 0 atom stereocenters. The van der Waals surface area contributed by atoms with Crippen molar-refractivity contribution in [1.29, 1.82) is 0 Å². The van der Waals surface area contributed by atoms with E-state index < -0.39 is 0 Å². The van der Waals surface area contributed by atoms with Gasteiger partial charge in [0.05, 0.1) is 0 Å². The topological polar surface area (TPSA) is 51.3 Å². The van der Waals surface area contributed by atoms with E-state index in [9.17, 15) is 9.18 Å². The number of amides is 1. The Bertz CT molecular complexity index is 1020. The van der Waals surface area contributed by atoms with Gasteiger partial charge in [-0.3, -0.25) is 4.79 Å². The molecule has 4 nitrogen and oxygen atoms in total. The lowest BCUT2D eigenvalue weighted by molar-refractivity contribution is -0.118. The van der Waals surface area contributed by atoms with Gasteiger partial charge in [-0.15, -0.1) is 0 Å². The molecule has 2 heterocycles. The van der Waals surface area contributed by atoms with Crippen molar-refractivity contribution in [3.63, 3.8) is 0 Å². The van der Waals surface area contributed by atoms with E-state index in [0.717, 1.165) is 60.5 Å². The number of carbonyl (C=O) groups is 1. The molecule has 0 saturated carbocycles. The predicted octanol–water partition coefficient (Wildman–Crippen LogP) is 4.73. The highest BCUT2D eigenvalue weighted by atomic mass is 35.5. The molecule has 6 heteroatoms. The van der Waals surface area contributed by atoms with E-state index in [0.29, 0.717) is 18.9 Å². The largest absolute Gasteiger partial charge is 0.370 e. The first kappa shape index (κ1) is 20.9. The third-order valence-corrected chi connectivity index (χ3v) is 6.30. The summed E-state index contributed by atoms with van der Waals surface area (Å²) in [5.74, 6) is -0.466. The van der Waals surface area contributed by atoms with Gasteiger partial charge in [0.25, 0.3) is 0 Å². The molecule has 3 aromatic rings. The minimum absolute atomic E-state index is 0.189. The third kappa shape index (κ3) is 4.85. The van der Waals surface area contributed by atoms with Crippen LogP contribution >= 0.6 is 11.6 Å². The highest BCUT2D eigenvalue weighted by molar-refractivity contribution is 6.31. The summed E-state index contributed by atoms with van der Waals surface area (Å²) in [5, 5.41) is 1.87. The number of hydrogen-bond donors (Lipinski definition) is 1. The number of hydrogen-bond acceptors (Lipinski definition) is 2. The van der Waals surface area contributed by atoms with Crippen molar-refractivity contribution in [2.75, 3.05) is 19.6 Å².